The van der Waals surface area contributed by atoms with E-state index in [4.69, 9.17) is 4.74 Å². The number of hydrogen-bond donors (Lipinski definition) is 1. The summed E-state index contributed by atoms with van der Waals surface area (Å²) in [6, 6.07) is 14.2. The number of aryl methyl sites for hydroxylation is 1. The van der Waals surface area contributed by atoms with Crippen LogP contribution in [0.15, 0.2) is 42.5 Å². The van der Waals surface area contributed by atoms with Crippen LogP contribution in [-0.2, 0) is 10.5 Å². The first-order chi connectivity index (χ1) is 12.0. The number of methoxy groups -OCH3 is 1. The highest BCUT2D eigenvalue weighted by molar-refractivity contribution is 7.99. The molecule has 1 N–H and O–H groups in total. The van der Waals surface area contributed by atoms with E-state index in [9.17, 15) is 4.79 Å². The molecule has 0 aliphatic heterocycles. The molecule has 0 aromatic heterocycles. The van der Waals surface area contributed by atoms with Crippen LogP contribution in [0.3, 0.4) is 0 Å². The topological polar surface area (TPSA) is 38.3 Å². The molecule has 25 heavy (non-hydrogen) atoms. The minimum absolute atomic E-state index is 0.0346. The molecule has 0 aliphatic carbocycles. The van der Waals surface area contributed by atoms with Gasteiger partial charge in [0.15, 0.2) is 0 Å². The first kappa shape index (κ1) is 19.4. The molecule has 2 rings (SSSR count). The fraction of sp³-hybridized carbons (Fsp3) is 0.381. The average molecular weight is 358 g/mol. The van der Waals surface area contributed by atoms with Gasteiger partial charge in [-0.15, -0.1) is 11.8 Å². The molecule has 2 aromatic carbocycles. The number of rotatable bonds is 8. The lowest BCUT2D eigenvalue weighted by Crippen LogP contribution is -2.16. The first-order valence-electron chi connectivity index (χ1n) is 8.65. The van der Waals surface area contributed by atoms with Gasteiger partial charge in [-0.2, -0.15) is 0 Å². The number of anilines is 1. The maximum Gasteiger partial charge on any atom is 0.234 e. The molecule has 134 valence electrons. The van der Waals surface area contributed by atoms with E-state index in [2.05, 4.69) is 38.2 Å². The number of benzene rings is 2. The van der Waals surface area contributed by atoms with Crippen molar-refractivity contribution >= 4 is 23.4 Å². The third kappa shape index (κ3) is 5.53. The normalized spacial score (nSPS) is 11.8. The second-order valence-corrected chi connectivity index (χ2v) is 7.24. The van der Waals surface area contributed by atoms with Crippen LogP contribution in [0.1, 0.15) is 42.9 Å². The summed E-state index contributed by atoms with van der Waals surface area (Å²) in [6.07, 6.45) is 1.05. The molecule has 0 spiro atoms. The summed E-state index contributed by atoms with van der Waals surface area (Å²) in [6.45, 7) is 6.41. The molecule has 0 heterocycles. The Balaban J connectivity index is 1.93. The van der Waals surface area contributed by atoms with Crippen LogP contribution < -0.4 is 10.1 Å². The summed E-state index contributed by atoms with van der Waals surface area (Å²) in [5.41, 5.74) is 4.45. The number of para-hydroxylation sites is 1. The van der Waals surface area contributed by atoms with Crippen LogP contribution in [0.25, 0.3) is 0 Å². The van der Waals surface area contributed by atoms with E-state index in [1.165, 1.54) is 11.1 Å². The number of amides is 1. The van der Waals surface area contributed by atoms with Gasteiger partial charge in [-0.3, -0.25) is 4.79 Å². The maximum absolute atomic E-state index is 12.3. The molecule has 0 unspecified atom stereocenters. The van der Waals surface area contributed by atoms with Crippen molar-refractivity contribution in [1.82, 2.24) is 0 Å². The Morgan fingerprint density at radius 1 is 1.24 bits per heavy atom. The van der Waals surface area contributed by atoms with E-state index >= 15 is 0 Å². The summed E-state index contributed by atoms with van der Waals surface area (Å²) in [5, 5.41) is 3.06. The van der Waals surface area contributed by atoms with E-state index < -0.39 is 0 Å². The Kier molecular flexibility index (Phi) is 7.38. The maximum atomic E-state index is 12.3. The lowest BCUT2D eigenvalue weighted by Gasteiger charge is -2.15. The second kappa shape index (κ2) is 9.52. The summed E-state index contributed by atoms with van der Waals surface area (Å²) in [7, 11) is 1.68. The Morgan fingerprint density at radius 3 is 2.72 bits per heavy atom. The van der Waals surface area contributed by atoms with Gasteiger partial charge in [0, 0.05) is 17.0 Å². The Labute approximate surface area is 155 Å². The van der Waals surface area contributed by atoms with Gasteiger partial charge in [0.25, 0.3) is 0 Å². The van der Waals surface area contributed by atoms with Gasteiger partial charge in [0.05, 0.1) is 12.9 Å². The number of thioether (sulfide) groups is 1. The van der Waals surface area contributed by atoms with Gasteiger partial charge in [-0.25, -0.2) is 0 Å². The molecule has 1 atom stereocenters. The van der Waals surface area contributed by atoms with Gasteiger partial charge in [-0.1, -0.05) is 49.7 Å². The van der Waals surface area contributed by atoms with Crippen molar-refractivity contribution in [2.75, 3.05) is 18.2 Å². The molecule has 0 aliphatic rings. The van der Waals surface area contributed by atoms with Crippen molar-refractivity contribution in [1.29, 1.82) is 0 Å². The van der Waals surface area contributed by atoms with Crippen LogP contribution in [0.5, 0.6) is 5.75 Å². The minimum Gasteiger partial charge on any atom is -0.496 e. The zero-order valence-electron chi connectivity index (χ0n) is 15.5. The molecule has 3 nitrogen and oxygen atoms in total. The molecular weight excluding hydrogens is 330 g/mol. The van der Waals surface area contributed by atoms with E-state index in [1.807, 2.05) is 30.3 Å². The number of nitrogens with one attached hydrogen (secondary N) is 1. The van der Waals surface area contributed by atoms with Gasteiger partial charge in [0.2, 0.25) is 5.91 Å². The van der Waals surface area contributed by atoms with E-state index in [0.717, 1.165) is 29.2 Å². The van der Waals surface area contributed by atoms with Crippen molar-refractivity contribution in [3.63, 3.8) is 0 Å². The molecule has 0 fully saturated rings. The van der Waals surface area contributed by atoms with Crippen LogP contribution in [0.4, 0.5) is 5.69 Å². The molecule has 0 saturated heterocycles. The summed E-state index contributed by atoms with van der Waals surface area (Å²) in [4.78, 5) is 12.3. The Morgan fingerprint density at radius 2 is 2.00 bits per heavy atom. The largest absolute Gasteiger partial charge is 0.496 e. The quantitative estimate of drug-likeness (QED) is 0.688. The molecule has 0 saturated carbocycles. The number of carbonyl (C=O) groups is 1. The highest BCUT2D eigenvalue weighted by atomic mass is 32.2. The predicted octanol–water partition coefficient (Wildman–Crippen LogP) is 5.39. The lowest BCUT2D eigenvalue weighted by atomic mass is 9.97. The van der Waals surface area contributed by atoms with Crippen LogP contribution in [0, 0.1) is 6.92 Å². The number of ether oxygens (including phenoxy) is 1. The molecule has 1 amide bonds. The fourth-order valence-electron chi connectivity index (χ4n) is 2.72. The minimum atomic E-state index is 0.0346. The molecule has 0 radical (unpaired) electrons. The zero-order valence-corrected chi connectivity index (χ0v) is 16.3. The van der Waals surface area contributed by atoms with Crippen LogP contribution in [0.2, 0.25) is 0 Å². The fourth-order valence-corrected chi connectivity index (χ4v) is 3.53. The second-order valence-electron chi connectivity index (χ2n) is 6.25. The van der Waals surface area contributed by atoms with E-state index in [0.29, 0.717) is 11.7 Å². The summed E-state index contributed by atoms with van der Waals surface area (Å²) in [5.74, 6) is 2.52. The van der Waals surface area contributed by atoms with Gasteiger partial charge in [0.1, 0.15) is 5.75 Å². The van der Waals surface area contributed by atoms with Crippen molar-refractivity contribution in [3.8, 4) is 5.75 Å². The summed E-state index contributed by atoms with van der Waals surface area (Å²) >= 11 is 1.60. The molecule has 0 bridgehead atoms. The number of carbonyl (C=O) groups excluding carboxylic acids is 1. The Hall–Kier alpha value is -1.94. The van der Waals surface area contributed by atoms with Gasteiger partial charge in [-0.05, 0) is 37.0 Å². The van der Waals surface area contributed by atoms with Crippen molar-refractivity contribution in [3.05, 3.63) is 59.2 Å². The lowest BCUT2D eigenvalue weighted by molar-refractivity contribution is -0.113. The predicted molar refractivity (Wildman–Crippen MR) is 108 cm³/mol. The summed E-state index contributed by atoms with van der Waals surface area (Å²) < 4.78 is 5.39. The van der Waals surface area contributed by atoms with Crippen LogP contribution in [-0.4, -0.2) is 18.8 Å². The first-order valence-corrected chi connectivity index (χ1v) is 9.80. The third-order valence-electron chi connectivity index (χ3n) is 4.30. The monoisotopic (exact) mass is 357 g/mol. The van der Waals surface area contributed by atoms with Crippen LogP contribution >= 0.6 is 11.8 Å². The van der Waals surface area contributed by atoms with E-state index in [-0.39, 0.29) is 5.91 Å². The number of hydrogen-bond acceptors (Lipinski definition) is 3. The highest BCUT2D eigenvalue weighted by Gasteiger charge is 2.11. The third-order valence-corrected chi connectivity index (χ3v) is 5.29. The molecule has 4 heteroatoms. The van der Waals surface area contributed by atoms with Gasteiger partial charge >= 0.3 is 0 Å². The SMILES string of the molecule is CC[C@H](C)c1ccccc1NC(=O)CSCc1cc(C)ccc1OC. The standard InChI is InChI=1S/C21H27NO2S/c1-5-16(3)18-8-6-7-9-19(18)22-21(23)14-25-13-17-12-15(2)10-11-20(17)24-4/h6-12,16H,5,13-14H2,1-4H3,(H,22,23)/t16-/m0/s1. The van der Waals surface area contributed by atoms with Crippen molar-refractivity contribution in [2.24, 2.45) is 0 Å². The Bertz CT molecular complexity index is 715. The van der Waals surface area contributed by atoms with Crippen molar-refractivity contribution in [2.45, 2.75) is 38.9 Å². The van der Waals surface area contributed by atoms with Crippen molar-refractivity contribution < 1.29 is 9.53 Å². The average Bonchev–Trinajstić information content (AvgIpc) is 2.61. The molecule has 2 aromatic rings. The van der Waals surface area contributed by atoms with Gasteiger partial charge < -0.3 is 10.1 Å². The molecular formula is C21H27NO2S. The smallest absolute Gasteiger partial charge is 0.234 e. The highest BCUT2D eigenvalue weighted by Crippen LogP contribution is 2.27. The van der Waals surface area contributed by atoms with E-state index in [1.54, 1.807) is 18.9 Å². The zero-order chi connectivity index (χ0) is 18.2.